The van der Waals surface area contributed by atoms with Crippen molar-refractivity contribution in [2.45, 2.75) is 33.0 Å². The van der Waals surface area contributed by atoms with Gasteiger partial charge in [-0.1, -0.05) is 11.6 Å². The molecule has 0 fully saturated rings. The van der Waals surface area contributed by atoms with E-state index >= 15 is 0 Å². The molecule has 0 N–H and O–H groups in total. The van der Waals surface area contributed by atoms with Crippen LogP contribution in [0.2, 0.25) is 4.34 Å². The molecular weight excluding hydrogens is 329 g/mol. The summed E-state index contributed by atoms with van der Waals surface area (Å²) in [6.07, 6.45) is 1.75. The van der Waals surface area contributed by atoms with E-state index in [9.17, 15) is 4.79 Å². The Morgan fingerprint density at radius 3 is 2.71 bits per heavy atom. The van der Waals surface area contributed by atoms with Crippen molar-refractivity contribution in [3.05, 3.63) is 39.3 Å². The van der Waals surface area contributed by atoms with Crippen LogP contribution in [0, 0.1) is 0 Å². The largest absolute Gasteiger partial charge is 0.331 e. The highest BCUT2D eigenvalue weighted by Crippen LogP contribution is 2.23. The van der Waals surface area contributed by atoms with Crippen molar-refractivity contribution in [1.29, 1.82) is 0 Å². The van der Waals surface area contributed by atoms with Gasteiger partial charge >= 0.3 is 0 Å². The number of thiophene rings is 1. The molecule has 0 spiro atoms. The molecule has 4 nitrogen and oxygen atoms in total. The van der Waals surface area contributed by atoms with Gasteiger partial charge in [0.25, 0.3) is 0 Å². The number of alkyl halides is 1. The topological polar surface area (TPSA) is 38.1 Å². The first kappa shape index (κ1) is 16.3. The zero-order valence-corrected chi connectivity index (χ0v) is 14.3. The lowest BCUT2D eigenvalue weighted by molar-refractivity contribution is -0.129. The molecule has 0 aliphatic carbocycles. The standard InChI is InChI=1S/C14H17Cl2N3OS/c1-10(2)19-11(5-6-17-19)8-18(14(20)7-15)9-12-3-4-13(16)21-12/h3-6,10H,7-9H2,1-2H3. The Hall–Kier alpha value is -1.04. The van der Waals surface area contributed by atoms with E-state index in [0.717, 1.165) is 14.9 Å². The summed E-state index contributed by atoms with van der Waals surface area (Å²) in [4.78, 5) is 14.8. The van der Waals surface area contributed by atoms with E-state index in [2.05, 4.69) is 18.9 Å². The Morgan fingerprint density at radius 2 is 2.14 bits per heavy atom. The molecule has 7 heteroatoms. The molecule has 21 heavy (non-hydrogen) atoms. The molecule has 2 aromatic rings. The second kappa shape index (κ2) is 7.29. The molecular formula is C14H17Cl2N3OS. The molecule has 0 aliphatic rings. The SMILES string of the molecule is CC(C)n1nccc1CN(Cc1ccc(Cl)s1)C(=O)CCl. The van der Waals surface area contributed by atoms with E-state index in [4.69, 9.17) is 23.2 Å². The average molecular weight is 346 g/mol. The van der Waals surface area contributed by atoms with Gasteiger partial charge in [0.05, 0.1) is 23.1 Å². The second-order valence-corrected chi connectivity index (χ2v) is 7.02. The summed E-state index contributed by atoms with van der Waals surface area (Å²) in [5, 5.41) is 4.29. The van der Waals surface area contributed by atoms with Crippen molar-refractivity contribution < 1.29 is 4.79 Å². The lowest BCUT2D eigenvalue weighted by atomic mass is 10.3. The van der Waals surface area contributed by atoms with Crippen molar-refractivity contribution in [2.24, 2.45) is 0 Å². The minimum absolute atomic E-state index is 0.0328. The Balaban J connectivity index is 2.16. The van der Waals surface area contributed by atoms with Gasteiger partial charge < -0.3 is 4.90 Å². The van der Waals surface area contributed by atoms with Gasteiger partial charge in [0.15, 0.2) is 0 Å². The van der Waals surface area contributed by atoms with Gasteiger partial charge in [-0.2, -0.15) is 5.10 Å². The number of carbonyl (C=O) groups excluding carboxylic acids is 1. The van der Waals surface area contributed by atoms with Crippen molar-refractivity contribution in [3.8, 4) is 0 Å². The van der Waals surface area contributed by atoms with Gasteiger partial charge in [0, 0.05) is 17.1 Å². The maximum atomic E-state index is 12.1. The normalized spacial score (nSPS) is 11.1. The van der Waals surface area contributed by atoms with E-state index in [0.29, 0.717) is 13.1 Å². The highest BCUT2D eigenvalue weighted by atomic mass is 35.5. The Labute approximate surface area is 138 Å². The minimum Gasteiger partial charge on any atom is -0.331 e. The molecule has 0 saturated heterocycles. The van der Waals surface area contributed by atoms with Crippen LogP contribution >= 0.6 is 34.5 Å². The predicted octanol–water partition coefficient (Wildman–Crippen LogP) is 3.95. The monoisotopic (exact) mass is 345 g/mol. The van der Waals surface area contributed by atoms with Crippen LogP contribution in [-0.2, 0) is 17.9 Å². The van der Waals surface area contributed by atoms with Crippen LogP contribution in [0.25, 0.3) is 0 Å². The molecule has 0 radical (unpaired) electrons. The third-order valence-electron chi connectivity index (χ3n) is 3.04. The Morgan fingerprint density at radius 1 is 1.38 bits per heavy atom. The number of aromatic nitrogens is 2. The van der Waals surface area contributed by atoms with Gasteiger partial charge in [0.2, 0.25) is 5.91 Å². The van der Waals surface area contributed by atoms with E-state index in [1.807, 2.05) is 22.9 Å². The van der Waals surface area contributed by atoms with Crippen LogP contribution in [0.15, 0.2) is 24.4 Å². The Kier molecular flexibility index (Phi) is 5.67. The third kappa shape index (κ3) is 4.22. The quantitative estimate of drug-likeness (QED) is 0.743. The lowest BCUT2D eigenvalue weighted by Crippen LogP contribution is -2.31. The van der Waals surface area contributed by atoms with E-state index in [1.54, 1.807) is 11.1 Å². The second-order valence-electron chi connectivity index (χ2n) is 4.95. The van der Waals surface area contributed by atoms with E-state index < -0.39 is 0 Å². The number of halogens is 2. The number of amides is 1. The van der Waals surface area contributed by atoms with Gasteiger partial charge in [-0.25, -0.2) is 0 Å². The average Bonchev–Trinajstić information content (AvgIpc) is 3.06. The van der Waals surface area contributed by atoms with Crippen molar-refractivity contribution >= 4 is 40.4 Å². The number of hydrogen-bond acceptors (Lipinski definition) is 3. The maximum Gasteiger partial charge on any atom is 0.238 e. The van der Waals surface area contributed by atoms with Crippen molar-refractivity contribution in [3.63, 3.8) is 0 Å². The van der Waals surface area contributed by atoms with Crippen LogP contribution in [0.1, 0.15) is 30.5 Å². The molecule has 0 bridgehead atoms. The molecule has 0 unspecified atom stereocenters. The van der Waals surface area contributed by atoms with Crippen LogP contribution in [-0.4, -0.2) is 26.5 Å². The number of nitrogens with zero attached hydrogens (tertiary/aromatic N) is 3. The smallest absolute Gasteiger partial charge is 0.238 e. The van der Waals surface area contributed by atoms with Gasteiger partial charge in [-0.3, -0.25) is 9.48 Å². The summed E-state index contributed by atoms with van der Waals surface area (Å²) in [6, 6.07) is 5.94. The zero-order chi connectivity index (χ0) is 15.4. The van der Waals surface area contributed by atoms with E-state index in [1.165, 1.54) is 11.3 Å². The number of carbonyl (C=O) groups is 1. The van der Waals surface area contributed by atoms with Gasteiger partial charge in [-0.15, -0.1) is 22.9 Å². The summed E-state index contributed by atoms with van der Waals surface area (Å²) in [5.41, 5.74) is 0.992. The van der Waals surface area contributed by atoms with Crippen LogP contribution in [0.3, 0.4) is 0 Å². The maximum absolute atomic E-state index is 12.1. The summed E-state index contributed by atoms with van der Waals surface area (Å²) in [6.45, 7) is 5.11. The molecule has 0 saturated carbocycles. The van der Waals surface area contributed by atoms with Crippen LogP contribution in [0.5, 0.6) is 0 Å². The number of rotatable bonds is 6. The fourth-order valence-electron chi connectivity index (χ4n) is 2.07. The molecule has 0 aromatic carbocycles. The first-order chi connectivity index (χ1) is 10.0. The molecule has 0 atom stereocenters. The number of hydrogen-bond donors (Lipinski definition) is 0. The highest BCUT2D eigenvalue weighted by Gasteiger charge is 2.17. The molecule has 2 aromatic heterocycles. The first-order valence-electron chi connectivity index (χ1n) is 6.61. The van der Waals surface area contributed by atoms with Crippen molar-refractivity contribution in [1.82, 2.24) is 14.7 Å². The zero-order valence-electron chi connectivity index (χ0n) is 11.9. The summed E-state index contributed by atoms with van der Waals surface area (Å²) in [5.74, 6) is -0.132. The molecule has 2 heterocycles. The van der Waals surface area contributed by atoms with Crippen LogP contribution < -0.4 is 0 Å². The highest BCUT2D eigenvalue weighted by molar-refractivity contribution is 7.16. The summed E-state index contributed by atoms with van der Waals surface area (Å²) < 4.78 is 2.63. The fourth-order valence-corrected chi connectivity index (χ4v) is 3.34. The van der Waals surface area contributed by atoms with Crippen LogP contribution in [0.4, 0.5) is 0 Å². The fraction of sp³-hybridized carbons (Fsp3) is 0.429. The minimum atomic E-state index is -0.0994. The van der Waals surface area contributed by atoms with E-state index in [-0.39, 0.29) is 17.8 Å². The molecule has 0 aliphatic heterocycles. The Bertz CT molecular complexity index is 609. The third-order valence-corrected chi connectivity index (χ3v) is 4.48. The van der Waals surface area contributed by atoms with Gasteiger partial charge in [-0.05, 0) is 32.0 Å². The summed E-state index contributed by atoms with van der Waals surface area (Å²) >= 11 is 13.1. The van der Waals surface area contributed by atoms with Gasteiger partial charge in [0.1, 0.15) is 5.88 Å². The molecule has 2 rings (SSSR count). The lowest BCUT2D eigenvalue weighted by Gasteiger charge is -2.22. The first-order valence-corrected chi connectivity index (χ1v) is 8.34. The predicted molar refractivity (Wildman–Crippen MR) is 86.9 cm³/mol. The summed E-state index contributed by atoms with van der Waals surface area (Å²) in [7, 11) is 0. The van der Waals surface area contributed by atoms with Crippen molar-refractivity contribution in [2.75, 3.05) is 5.88 Å². The molecule has 114 valence electrons. The molecule has 1 amide bonds.